The van der Waals surface area contributed by atoms with Gasteiger partial charge in [0.25, 0.3) is 0 Å². The Morgan fingerprint density at radius 3 is 2.43 bits per heavy atom. The molecule has 1 fully saturated rings. The van der Waals surface area contributed by atoms with E-state index in [-0.39, 0.29) is 0 Å². The average molecular weight is 289 g/mol. The Hall–Kier alpha value is -1.09. The van der Waals surface area contributed by atoms with Crippen LogP contribution in [-0.4, -0.2) is 24.6 Å². The third-order valence-electron chi connectivity index (χ3n) is 4.60. The van der Waals surface area contributed by atoms with Gasteiger partial charge in [0.2, 0.25) is 0 Å². The van der Waals surface area contributed by atoms with E-state index >= 15 is 0 Å². The maximum atomic E-state index is 4.87. The Morgan fingerprint density at radius 2 is 1.86 bits per heavy atom. The van der Waals surface area contributed by atoms with Gasteiger partial charge in [-0.25, -0.2) is 4.98 Å². The van der Waals surface area contributed by atoms with E-state index in [1.54, 1.807) is 0 Å². The van der Waals surface area contributed by atoms with Gasteiger partial charge in [-0.1, -0.05) is 27.7 Å². The quantitative estimate of drug-likeness (QED) is 0.898. The minimum absolute atomic E-state index is 0.680. The van der Waals surface area contributed by atoms with Crippen molar-refractivity contribution < 1.29 is 0 Å². The Bertz CT molecular complexity index is 472. The summed E-state index contributed by atoms with van der Waals surface area (Å²) in [4.78, 5) is 7.36. The molecule has 118 valence electrons. The topological polar surface area (TPSA) is 28.2 Å². The highest BCUT2D eigenvalue weighted by atomic mass is 15.2. The zero-order valence-electron chi connectivity index (χ0n) is 14.5. The Kier molecular flexibility index (Phi) is 5.26. The first-order valence-corrected chi connectivity index (χ1v) is 8.31. The fraction of sp³-hybridized carbons (Fsp3) is 0.722. The molecule has 0 amide bonds. The van der Waals surface area contributed by atoms with Crippen LogP contribution in [0, 0.1) is 31.6 Å². The van der Waals surface area contributed by atoms with Crippen molar-refractivity contribution in [2.75, 3.05) is 24.5 Å². The molecule has 0 aromatic carbocycles. The third-order valence-corrected chi connectivity index (χ3v) is 4.60. The molecule has 0 bridgehead atoms. The maximum Gasteiger partial charge on any atom is 0.133 e. The van der Waals surface area contributed by atoms with Crippen molar-refractivity contribution in [1.29, 1.82) is 0 Å². The molecule has 1 aliphatic rings. The number of hydrogen-bond donors (Lipinski definition) is 1. The second-order valence-electron chi connectivity index (χ2n) is 7.27. The van der Waals surface area contributed by atoms with E-state index in [9.17, 15) is 0 Å². The first-order chi connectivity index (χ1) is 9.88. The maximum absolute atomic E-state index is 4.87. The summed E-state index contributed by atoms with van der Waals surface area (Å²) in [5.74, 6) is 3.40. The van der Waals surface area contributed by atoms with Gasteiger partial charge in [-0.05, 0) is 49.8 Å². The Labute approximate surface area is 130 Å². The van der Waals surface area contributed by atoms with Crippen molar-refractivity contribution in [3.63, 3.8) is 0 Å². The van der Waals surface area contributed by atoms with Crippen molar-refractivity contribution in [2.24, 2.45) is 17.8 Å². The van der Waals surface area contributed by atoms with Crippen LogP contribution < -0.4 is 10.2 Å². The number of anilines is 1. The molecule has 3 heteroatoms. The van der Waals surface area contributed by atoms with E-state index in [0.717, 1.165) is 43.7 Å². The molecule has 0 radical (unpaired) electrons. The van der Waals surface area contributed by atoms with Crippen molar-refractivity contribution in [1.82, 2.24) is 10.3 Å². The van der Waals surface area contributed by atoms with Crippen molar-refractivity contribution in [3.05, 3.63) is 22.9 Å². The first kappa shape index (κ1) is 16.3. The van der Waals surface area contributed by atoms with E-state index in [4.69, 9.17) is 4.98 Å². The molecule has 1 aromatic heterocycles. The van der Waals surface area contributed by atoms with Gasteiger partial charge in [0, 0.05) is 30.9 Å². The number of hydrogen-bond acceptors (Lipinski definition) is 3. The lowest BCUT2D eigenvalue weighted by molar-refractivity contribution is 0.494. The van der Waals surface area contributed by atoms with Gasteiger partial charge in [-0.15, -0.1) is 0 Å². The van der Waals surface area contributed by atoms with Crippen molar-refractivity contribution in [3.8, 4) is 0 Å². The monoisotopic (exact) mass is 289 g/mol. The van der Waals surface area contributed by atoms with Gasteiger partial charge >= 0.3 is 0 Å². The van der Waals surface area contributed by atoms with Crippen LogP contribution in [0.5, 0.6) is 0 Å². The van der Waals surface area contributed by atoms with Crippen LogP contribution in [0.2, 0.25) is 0 Å². The predicted octanol–water partition coefficient (Wildman–Crippen LogP) is 3.54. The summed E-state index contributed by atoms with van der Waals surface area (Å²) in [6.45, 7) is 17.8. The standard InChI is InChI=1S/C18H31N3/c1-12(2)8-19-9-17-13(3)7-16(6)20-18(17)21-10-14(4)15(5)11-21/h7,12,14-15,19H,8-11H2,1-6H3. The second-order valence-corrected chi connectivity index (χ2v) is 7.27. The number of aromatic nitrogens is 1. The molecule has 0 saturated carbocycles. The highest BCUT2D eigenvalue weighted by Gasteiger charge is 2.28. The molecule has 0 spiro atoms. The molecule has 1 saturated heterocycles. The summed E-state index contributed by atoms with van der Waals surface area (Å²) in [6.07, 6.45) is 0. The minimum Gasteiger partial charge on any atom is -0.356 e. The fourth-order valence-corrected chi connectivity index (χ4v) is 3.11. The first-order valence-electron chi connectivity index (χ1n) is 8.31. The molecule has 1 aromatic rings. The SMILES string of the molecule is Cc1cc(C)c(CNCC(C)C)c(N2CC(C)C(C)C2)n1. The summed E-state index contributed by atoms with van der Waals surface area (Å²) in [7, 11) is 0. The normalized spacial score (nSPS) is 22.3. The summed E-state index contributed by atoms with van der Waals surface area (Å²) in [6, 6.07) is 2.21. The lowest BCUT2D eigenvalue weighted by atomic mass is 10.0. The summed E-state index contributed by atoms with van der Waals surface area (Å²) in [5.41, 5.74) is 3.87. The molecule has 2 rings (SSSR count). The molecule has 1 aliphatic heterocycles. The Balaban J connectivity index is 2.22. The molecule has 2 heterocycles. The van der Waals surface area contributed by atoms with Crippen LogP contribution >= 0.6 is 0 Å². The van der Waals surface area contributed by atoms with Gasteiger partial charge in [0.1, 0.15) is 5.82 Å². The second kappa shape index (κ2) is 6.78. The summed E-state index contributed by atoms with van der Waals surface area (Å²) in [5, 5.41) is 3.58. The lowest BCUT2D eigenvalue weighted by Gasteiger charge is -2.23. The molecule has 0 aliphatic carbocycles. The van der Waals surface area contributed by atoms with Crippen LogP contribution in [0.3, 0.4) is 0 Å². The third kappa shape index (κ3) is 3.97. The fourth-order valence-electron chi connectivity index (χ4n) is 3.11. The highest BCUT2D eigenvalue weighted by Crippen LogP contribution is 2.30. The molecule has 1 N–H and O–H groups in total. The van der Waals surface area contributed by atoms with Crippen LogP contribution in [0.25, 0.3) is 0 Å². The van der Waals surface area contributed by atoms with E-state index in [1.807, 2.05) is 0 Å². The highest BCUT2D eigenvalue weighted by molar-refractivity contribution is 5.52. The Morgan fingerprint density at radius 1 is 1.24 bits per heavy atom. The van der Waals surface area contributed by atoms with Gasteiger partial charge in [0.05, 0.1) is 0 Å². The van der Waals surface area contributed by atoms with Crippen LogP contribution in [-0.2, 0) is 6.54 Å². The molecular weight excluding hydrogens is 258 g/mol. The van der Waals surface area contributed by atoms with Crippen LogP contribution in [0.1, 0.15) is 44.5 Å². The smallest absolute Gasteiger partial charge is 0.133 e. The van der Waals surface area contributed by atoms with E-state index in [1.165, 1.54) is 16.9 Å². The molecule has 2 atom stereocenters. The summed E-state index contributed by atoms with van der Waals surface area (Å²) >= 11 is 0. The largest absolute Gasteiger partial charge is 0.356 e. The van der Waals surface area contributed by atoms with Gasteiger partial charge in [-0.2, -0.15) is 0 Å². The van der Waals surface area contributed by atoms with Gasteiger partial charge < -0.3 is 10.2 Å². The number of rotatable bonds is 5. The minimum atomic E-state index is 0.680. The molecular formula is C18H31N3. The van der Waals surface area contributed by atoms with Crippen LogP contribution in [0.15, 0.2) is 6.07 Å². The van der Waals surface area contributed by atoms with Crippen LogP contribution in [0.4, 0.5) is 5.82 Å². The van der Waals surface area contributed by atoms with E-state index in [2.05, 4.69) is 57.8 Å². The average Bonchev–Trinajstić information content (AvgIpc) is 2.71. The van der Waals surface area contributed by atoms with E-state index < -0.39 is 0 Å². The molecule has 2 unspecified atom stereocenters. The lowest BCUT2D eigenvalue weighted by Crippen LogP contribution is -2.26. The number of aryl methyl sites for hydroxylation is 2. The van der Waals surface area contributed by atoms with Crippen molar-refractivity contribution >= 4 is 5.82 Å². The zero-order chi connectivity index (χ0) is 15.6. The van der Waals surface area contributed by atoms with Gasteiger partial charge in [0.15, 0.2) is 0 Å². The number of pyridine rings is 1. The van der Waals surface area contributed by atoms with Gasteiger partial charge in [-0.3, -0.25) is 0 Å². The molecule has 3 nitrogen and oxygen atoms in total. The van der Waals surface area contributed by atoms with Crippen molar-refractivity contribution in [2.45, 2.75) is 48.1 Å². The van der Waals surface area contributed by atoms with E-state index in [0.29, 0.717) is 5.92 Å². The summed E-state index contributed by atoms with van der Waals surface area (Å²) < 4.78 is 0. The zero-order valence-corrected chi connectivity index (χ0v) is 14.5. The molecule has 21 heavy (non-hydrogen) atoms. The number of nitrogens with zero attached hydrogens (tertiary/aromatic N) is 2. The predicted molar refractivity (Wildman–Crippen MR) is 90.8 cm³/mol. The number of nitrogens with one attached hydrogen (secondary N) is 1.